The molecule has 0 unspecified atom stereocenters. The smallest absolute Gasteiger partial charge is 0.341 e. The molecule has 0 aliphatic heterocycles. The lowest BCUT2D eigenvalue weighted by molar-refractivity contribution is -0.137. The number of allylic oxidation sites excluding steroid dienone is 2. The molecule has 2 rings (SSSR count). The van der Waals surface area contributed by atoms with Gasteiger partial charge in [-0.3, -0.25) is 4.79 Å². The molecule has 2 aliphatic carbocycles. The minimum atomic E-state index is -0.561. The third kappa shape index (κ3) is 5.22. The molecule has 134 valence electrons. The molecule has 2 fully saturated rings. The van der Waals surface area contributed by atoms with Crippen LogP contribution in [0.1, 0.15) is 71.1 Å². The van der Waals surface area contributed by atoms with Crippen molar-refractivity contribution in [2.24, 2.45) is 0 Å². The summed E-state index contributed by atoms with van der Waals surface area (Å²) in [7, 11) is 1.30. The maximum atomic E-state index is 11.7. The largest absolute Gasteiger partial charge is 0.465 e. The van der Waals surface area contributed by atoms with Crippen LogP contribution in [0.4, 0.5) is 0 Å². The van der Waals surface area contributed by atoms with Gasteiger partial charge in [-0.15, -0.1) is 0 Å². The summed E-state index contributed by atoms with van der Waals surface area (Å²) in [5, 5.41) is 0. The first-order chi connectivity index (χ1) is 11.6. The Kier molecular flexibility index (Phi) is 7.54. The Labute approximate surface area is 145 Å². The van der Waals surface area contributed by atoms with Gasteiger partial charge >= 0.3 is 5.97 Å². The summed E-state index contributed by atoms with van der Waals surface area (Å²) >= 11 is 0. The average molecular weight is 333 g/mol. The molecule has 0 amide bonds. The summed E-state index contributed by atoms with van der Waals surface area (Å²) in [6.07, 6.45) is 18.5. The van der Waals surface area contributed by atoms with E-state index in [0.717, 1.165) is 0 Å². The van der Waals surface area contributed by atoms with Gasteiger partial charge in [0.1, 0.15) is 5.57 Å². The fourth-order valence-electron chi connectivity index (χ4n) is 3.98. The van der Waals surface area contributed by atoms with Gasteiger partial charge < -0.3 is 9.64 Å². The summed E-state index contributed by atoms with van der Waals surface area (Å²) in [6, 6.07) is 1.20. The molecule has 0 aromatic heterocycles. The van der Waals surface area contributed by atoms with Crippen molar-refractivity contribution in [2.75, 3.05) is 7.11 Å². The zero-order valence-electron chi connectivity index (χ0n) is 15.1. The summed E-state index contributed by atoms with van der Waals surface area (Å²) in [6.45, 7) is 1.40. The topological polar surface area (TPSA) is 46.6 Å². The number of Topliss-reactive ketones (excluding diaryl/α,β-unsaturated/α-hetero) is 1. The number of rotatable bonds is 6. The highest BCUT2D eigenvalue weighted by Crippen LogP contribution is 2.30. The van der Waals surface area contributed by atoms with E-state index < -0.39 is 5.97 Å². The number of carbonyl (C=O) groups is 2. The first kappa shape index (κ1) is 18.8. The Hall–Kier alpha value is -1.58. The number of ether oxygens (including phenoxy) is 1. The summed E-state index contributed by atoms with van der Waals surface area (Å²) < 4.78 is 4.69. The fraction of sp³-hybridized carbons (Fsp3) is 0.700. The van der Waals surface area contributed by atoms with E-state index in [2.05, 4.69) is 15.8 Å². The molecule has 0 radical (unpaired) electrons. The number of carbonyl (C=O) groups excluding carboxylic acids is 2. The van der Waals surface area contributed by atoms with E-state index in [0.29, 0.717) is 12.1 Å². The van der Waals surface area contributed by atoms with E-state index in [1.807, 2.05) is 6.08 Å². The standard InChI is InChI=1S/C20H31NO3/c1-16(22)19(20(23)24-2)14-9-15-21(17-10-5-3-6-11-17)18-12-7-4-8-13-18/h9,14-15,17-18H,3-8,10-13H2,1-2H3. The van der Waals surface area contributed by atoms with Gasteiger partial charge in [0, 0.05) is 12.1 Å². The normalized spacial score (nSPS) is 21.0. The van der Waals surface area contributed by atoms with Crippen LogP contribution in [0.5, 0.6) is 0 Å². The highest BCUT2D eigenvalue weighted by Gasteiger charge is 2.26. The Morgan fingerprint density at radius 2 is 1.42 bits per heavy atom. The summed E-state index contributed by atoms with van der Waals surface area (Å²) in [5.74, 6) is -0.817. The lowest BCUT2D eigenvalue weighted by Crippen LogP contribution is -2.41. The van der Waals surface area contributed by atoms with Crippen LogP contribution in [0, 0.1) is 0 Å². The minimum absolute atomic E-state index is 0.112. The molecule has 0 bridgehead atoms. The average Bonchev–Trinajstić information content (AvgIpc) is 2.62. The quantitative estimate of drug-likeness (QED) is 0.241. The van der Waals surface area contributed by atoms with Crippen LogP contribution in [0.15, 0.2) is 23.9 Å². The molecule has 0 N–H and O–H groups in total. The molecule has 2 aliphatic rings. The molecule has 0 saturated heterocycles. The van der Waals surface area contributed by atoms with Crippen molar-refractivity contribution in [3.05, 3.63) is 23.9 Å². The van der Waals surface area contributed by atoms with Crippen molar-refractivity contribution in [3.8, 4) is 0 Å². The van der Waals surface area contributed by atoms with Crippen molar-refractivity contribution in [1.29, 1.82) is 0 Å². The second-order valence-electron chi connectivity index (χ2n) is 7.00. The van der Waals surface area contributed by atoms with Crippen molar-refractivity contribution < 1.29 is 14.3 Å². The van der Waals surface area contributed by atoms with Crippen LogP contribution in [0.3, 0.4) is 0 Å². The molecule has 4 nitrogen and oxygen atoms in total. The molecule has 24 heavy (non-hydrogen) atoms. The lowest BCUT2D eigenvalue weighted by Gasteiger charge is -2.41. The van der Waals surface area contributed by atoms with Crippen molar-refractivity contribution in [2.45, 2.75) is 83.2 Å². The van der Waals surface area contributed by atoms with Gasteiger partial charge in [-0.1, -0.05) is 38.5 Å². The molecule has 4 heteroatoms. The van der Waals surface area contributed by atoms with Crippen LogP contribution in [-0.2, 0) is 14.3 Å². The van der Waals surface area contributed by atoms with E-state index in [4.69, 9.17) is 0 Å². The Morgan fingerprint density at radius 3 is 1.83 bits per heavy atom. The van der Waals surface area contributed by atoms with E-state index in [1.54, 1.807) is 6.08 Å². The molecule has 0 heterocycles. The van der Waals surface area contributed by atoms with Crippen LogP contribution in [0.25, 0.3) is 0 Å². The van der Waals surface area contributed by atoms with Crippen LogP contribution < -0.4 is 0 Å². The first-order valence-electron chi connectivity index (χ1n) is 9.38. The Balaban J connectivity index is 2.13. The lowest BCUT2D eigenvalue weighted by atomic mass is 9.89. The Bertz CT molecular complexity index is 465. The Morgan fingerprint density at radius 1 is 0.917 bits per heavy atom. The van der Waals surface area contributed by atoms with Crippen molar-refractivity contribution in [3.63, 3.8) is 0 Å². The molecular weight excluding hydrogens is 302 g/mol. The van der Waals surface area contributed by atoms with Gasteiger partial charge in [0.05, 0.1) is 7.11 Å². The minimum Gasteiger partial charge on any atom is -0.465 e. The van der Waals surface area contributed by atoms with Crippen LogP contribution in [-0.4, -0.2) is 35.8 Å². The second kappa shape index (κ2) is 9.65. The highest BCUT2D eigenvalue weighted by molar-refractivity contribution is 6.16. The van der Waals surface area contributed by atoms with Gasteiger partial charge in [0.2, 0.25) is 0 Å². The zero-order valence-corrected chi connectivity index (χ0v) is 15.1. The fourth-order valence-corrected chi connectivity index (χ4v) is 3.98. The predicted octanol–water partition coefficient (Wildman–Crippen LogP) is 4.16. The molecule has 0 aromatic carbocycles. The third-order valence-electron chi connectivity index (χ3n) is 5.30. The van der Waals surface area contributed by atoms with Gasteiger partial charge in [-0.25, -0.2) is 4.79 Å². The number of methoxy groups -OCH3 is 1. The highest BCUT2D eigenvalue weighted by atomic mass is 16.5. The van der Waals surface area contributed by atoms with Crippen molar-refractivity contribution in [1.82, 2.24) is 4.90 Å². The van der Waals surface area contributed by atoms with Crippen LogP contribution >= 0.6 is 0 Å². The number of ketones is 1. The third-order valence-corrected chi connectivity index (χ3v) is 5.30. The van der Waals surface area contributed by atoms with E-state index >= 15 is 0 Å². The van der Waals surface area contributed by atoms with Gasteiger partial charge in [-0.05, 0) is 51.0 Å². The van der Waals surface area contributed by atoms with E-state index in [9.17, 15) is 9.59 Å². The van der Waals surface area contributed by atoms with Gasteiger partial charge in [0.25, 0.3) is 0 Å². The molecule has 0 aromatic rings. The predicted molar refractivity (Wildman–Crippen MR) is 95.5 cm³/mol. The summed E-state index contributed by atoms with van der Waals surface area (Å²) in [4.78, 5) is 25.8. The van der Waals surface area contributed by atoms with Crippen molar-refractivity contribution >= 4 is 11.8 Å². The number of hydrogen-bond donors (Lipinski definition) is 0. The zero-order chi connectivity index (χ0) is 17.4. The van der Waals surface area contributed by atoms with Crippen LogP contribution in [0.2, 0.25) is 0 Å². The second-order valence-corrected chi connectivity index (χ2v) is 7.00. The maximum absolute atomic E-state index is 11.7. The number of hydrogen-bond acceptors (Lipinski definition) is 4. The van der Waals surface area contributed by atoms with E-state index in [1.165, 1.54) is 78.2 Å². The molecule has 0 atom stereocenters. The van der Waals surface area contributed by atoms with Gasteiger partial charge in [-0.2, -0.15) is 0 Å². The molecular formula is C20H31NO3. The first-order valence-corrected chi connectivity index (χ1v) is 9.38. The number of nitrogens with zero attached hydrogens (tertiary/aromatic N) is 1. The van der Waals surface area contributed by atoms with Gasteiger partial charge in [0.15, 0.2) is 5.78 Å². The summed E-state index contributed by atoms with van der Waals surface area (Å²) in [5.41, 5.74) is 0.112. The maximum Gasteiger partial charge on any atom is 0.341 e. The molecule has 0 spiro atoms. The SMILES string of the molecule is COC(=O)C(=CC=CN(C1CCCCC1)C1CCCCC1)C(C)=O. The van der Waals surface area contributed by atoms with E-state index in [-0.39, 0.29) is 11.4 Å². The monoisotopic (exact) mass is 333 g/mol. The molecule has 2 saturated carbocycles. The number of esters is 1.